The van der Waals surface area contributed by atoms with Gasteiger partial charge in [0.2, 0.25) is 15.9 Å². The van der Waals surface area contributed by atoms with E-state index in [4.69, 9.17) is 0 Å². The first-order chi connectivity index (χ1) is 14.3. The summed E-state index contributed by atoms with van der Waals surface area (Å²) in [4.78, 5) is 14.6. The summed E-state index contributed by atoms with van der Waals surface area (Å²) >= 11 is 0. The smallest absolute Gasteiger partial charge is 0.227 e. The fraction of sp³-hybridized carbons (Fsp3) is 0.409. The zero-order valence-corrected chi connectivity index (χ0v) is 17.7. The second-order valence-electron chi connectivity index (χ2n) is 7.46. The molecular weight excluding hydrogens is 410 g/mol. The lowest BCUT2D eigenvalue weighted by Gasteiger charge is -2.22. The molecular formula is C22H26F2N2O3S. The molecule has 0 bridgehead atoms. The van der Waals surface area contributed by atoms with E-state index >= 15 is 0 Å². The lowest BCUT2D eigenvalue weighted by molar-refractivity contribution is -0.130. The SMILES string of the molecule is CCS(=O)(=O)NC1CCCN(C(=O)Cc2ccccc2-c2c(F)cccc2F)CC1. The van der Waals surface area contributed by atoms with Crippen molar-refractivity contribution in [3.8, 4) is 11.1 Å². The molecule has 1 fully saturated rings. The number of carbonyl (C=O) groups excluding carboxylic acids is 1. The Morgan fingerprint density at radius 1 is 1.07 bits per heavy atom. The highest BCUT2D eigenvalue weighted by Crippen LogP contribution is 2.29. The van der Waals surface area contributed by atoms with Crippen LogP contribution in [0.5, 0.6) is 0 Å². The predicted octanol–water partition coefficient (Wildman–Crippen LogP) is 3.49. The normalized spacial score (nSPS) is 17.6. The first-order valence-electron chi connectivity index (χ1n) is 10.1. The molecule has 1 N–H and O–H groups in total. The van der Waals surface area contributed by atoms with E-state index in [0.29, 0.717) is 43.5 Å². The summed E-state index contributed by atoms with van der Waals surface area (Å²) in [5.74, 6) is -1.46. The summed E-state index contributed by atoms with van der Waals surface area (Å²) in [7, 11) is -3.29. The highest BCUT2D eigenvalue weighted by atomic mass is 32.2. The van der Waals surface area contributed by atoms with E-state index in [9.17, 15) is 22.0 Å². The van der Waals surface area contributed by atoms with E-state index in [0.717, 1.165) is 0 Å². The minimum absolute atomic E-state index is 0.0231. The van der Waals surface area contributed by atoms with Gasteiger partial charge in [-0.05, 0) is 49.4 Å². The van der Waals surface area contributed by atoms with Crippen LogP contribution in [0.4, 0.5) is 8.78 Å². The molecule has 162 valence electrons. The van der Waals surface area contributed by atoms with Gasteiger partial charge in [0, 0.05) is 19.1 Å². The van der Waals surface area contributed by atoms with Gasteiger partial charge in [0.15, 0.2) is 0 Å². The van der Waals surface area contributed by atoms with Crippen molar-refractivity contribution in [2.75, 3.05) is 18.8 Å². The molecule has 2 aromatic carbocycles. The quantitative estimate of drug-likeness (QED) is 0.754. The predicted molar refractivity (Wildman–Crippen MR) is 112 cm³/mol. The van der Waals surface area contributed by atoms with Crippen LogP contribution in [0.25, 0.3) is 11.1 Å². The van der Waals surface area contributed by atoms with Crippen molar-refractivity contribution in [2.45, 2.75) is 38.6 Å². The topological polar surface area (TPSA) is 66.5 Å². The molecule has 8 heteroatoms. The van der Waals surface area contributed by atoms with Crippen LogP contribution < -0.4 is 4.72 Å². The zero-order valence-electron chi connectivity index (χ0n) is 16.9. The Morgan fingerprint density at radius 2 is 1.77 bits per heavy atom. The van der Waals surface area contributed by atoms with Gasteiger partial charge in [0.05, 0.1) is 17.7 Å². The third-order valence-electron chi connectivity index (χ3n) is 5.40. The summed E-state index contributed by atoms with van der Waals surface area (Å²) in [6, 6.07) is 10.3. The van der Waals surface area contributed by atoms with Gasteiger partial charge in [-0.15, -0.1) is 0 Å². The Labute approximate surface area is 176 Å². The molecule has 1 atom stereocenters. The van der Waals surface area contributed by atoms with Crippen molar-refractivity contribution in [3.05, 3.63) is 59.7 Å². The van der Waals surface area contributed by atoms with Crippen molar-refractivity contribution in [1.29, 1.82) is 0 Å². The van der Waals surface area contributed by atoms with Gasteiger partial charge in [0.25, 0.3) is 0 Å². The fourth-order valence-corrected chi connectivity index (χ4v) is 4.66. The standard InChI is InChI=1S/C22H26F2N2O3S/c1-2-30(28,29)25-17-8-6-13-26(14-12-17)21(27)15-16-7-3-4-9-18(16)22-19(23)10-5-11-20(22)24/h3-5,7,9-11,17,25H,2,6,8,12-15H2,1H3. The molecule has 0 spiro atoms. The van der Waals surface area contributed by atoms with Crippen LogP contribution in [0.1, 0.15) is 31.7 Å². The molecule has 5 nitrogen and oxygen atoms in total. The van der Waals surface area contributed by atoms with Crippen LogP contribution in [-0.2, 0) is 21.2 Å². The minimum Gasteiger partial charge on any atom is -0.342 e. The van der Waals surface area contributed by atoms with Crippen LogP contribution in [0.3, 0.4) is 0 Å². The van der Waals surface area contributed by atoms with Crippen LogP contribution in [-0.4, -0.2) is 44.1 Å². The highest BCUT2D eigenvalue weighted by molar-refractivity contribution is 7.89. The average Bonchev–Trinajstić information content (AvgIpc) is 2.94. The lowest BCUT2D eigenvalue weighted by atomic mass is 9.96. The molecule has 0 aromatic heterocycles. The molecule has 1 heterocycles. The van der Waals surface area contributed by atoms with Crippen LogP contribution >= 0.6 is 0 Å². The lowest BCUT2D eigenvalue weighted by Crippen LogP contribution is -2.37. The Balaban J connectivity index is 1.73. The van der Waals surface area contributed by atoms with Crippen LogP contribution in [0.2, 0.25) is 0 Å². The number of hydrogen-bond acceptors (Lipinski definition) is 3. The average molecular weight is 437 g/mol. The van der Waals surface area contributed by atoms with E-state index in [-0.39, 0.29) is 29.7 Å². The molecule has 30 heavy (non-hydrogen) atoms. The number of halogens is 2. The first-order valence-corrected chi connectivity index (χ1v) is 11.8. The molecule has 1 unspecified atom stereocenters. The van der Waals surface area contributed by atoms with Crippen molar-refractivity contribution >= 4 is 15.9 Å². The van der Waals surface area contributed by atoms with E-state index in [2.05, 4.69) is 4.72 Å². The van der Waals surface area contributed by atoms with E-state index in [1.807, 2.05) is 0 Å². The number of nitrogens with zero attached hydrogens (tertiary/aromatic N) is 1. The van der Waals surface area contributed by atoms with Gasteiger partial charge >= 0.3 is 0 Å². The molecule has 1 aliphatic heterocycles. The molecule has 1 saturated heterocycles. The number of hydrogen-bond donors (Lipinski definition) is 1. The number of sulfonamides is 1. The van der Waals surface area contributed by atoms with Gasteiger partial charge in [-0.25, -0.2) is 21.9 Å². The van der Waals surface area contributed by atoms with Crippen LogP contribution in [0.15, 0.2) is 42.5 Å². The van der Waals surface area contributed by atoms with Gasteiger partial charge in [-0.3, -0.25) is 4.79 Å². The van der Waals surface area contributed by atoms with E-state index in [1.54, 1.807) is 36.1 Å². The molecule has 1 aliphatic rings. The van der Waals surface area contributed by atoms with Gasteiger partial charge in [-0.2, -0.15) is 0 Å². The fourth-order valence-electron chi connectivity index (χ4n) is 3.75. The van der Waals surface area contributed by atoms with E-state index in [1.165, 1.54) is 18.2 Å². The third-order valence-corrected chi connectivity index (χ3v) is 6.85. The highest BCUT2D eigenvalue weighted by Gasteiger charge is 2.24. The van der Waals surface area contributed by atoms with Gasteiger partial charge in [-0.1, -0.05) is 30.3 Å². The maximum absolute atomic E-state index is 14.3. The van der Waals surface area contributed by atoms with Crippen molar-refractivity contribution in [1.82, 2.24) is 9.62 Å². The number of nitrogens with one attached hydrogen (secondary N) is 1. The third kappa shape index (κ3) is 5.43. The second-order valence-corrected chi connectivity index (χ2v) is 9.50. The summed E-state index contributed by atoms with van der Waals surface area (Å²) in [6.45, 7) is 2.55. The molecule has 2 aromatic rings. The Morgan fingerprint density at radius 3 is 2.47 bits per heavy atom. The number of benzene rings is 2. The molecule has 1 amide bonds. The number of amides is 1. The summed E-state index contributed by atoms with van der Waals surface area (Å²) < 4.78 is 54.9. The van der Waals surface area contributed by atoms with Crippen molar-refractivity contribution < 1.29 is 22.0 Å². The van der Waals surface area contributed by atoms with Crippen molar-refractivity contribution in [3.63, 3.8) is 0 Å². The summed E-state index contributed by atoms with van der Waals surface area (Å²) in [5.41, 5.74) is 0.787. The summed E-state index contributed by atoms with van der Waals surface area (Å²) in [5, 5.41) is 0. The van der Waals surface area contributed by atoms with E-state index < -0.39 is 21.7 Å². The summed E-state index contributed by atoms with van der Waals surface area (Å²) in [6.07, 6.45) is 1.91. The Hall–Kier alpha value is -2.32. The number of rotatable bonds is 6. The minimum atomic E-state index is -3.29. The zero-order chi connectivity index (χ0) is 21.7. The Bertz CT molecular complexity index is 991. The maximum atomic E-state index is 14.3. The second kappa shape index (κ2) is 9.66. The molecule has 0 saturated carbocycles. The van der Waals surface area contributed by atoms with Gasteiger partial charge in [0.1, 0.15) is 11.6 Å². The number of likely N-dealkylation sites (tertiary alicyclic amines) is 1. The van der Waals surface area contributed by atoms with Crippen LogP contribution in [0, 0.1) is 11.6 Å². The Kier molecular flexibility index (Phi) is 7.20. The molecule has 0 radical (unpaired) electrons. The maximum Gasteiger partial charge on any atom is 0.227 e. The largest absolute Gasteiger partial charge is 0.342 e. The number of carbonyl (C=O) groups is 1. The molecule has 3 rings (SSSR count). The van der Waals surface area contributed by atoms with Gasteiger partial charge < -0.3 is 4.90 Å². The first kappa shape index (κ1) is 22.4. The van der Waals surface area contributed by atoms with Crippen molar-refractivity contribution in [2.24, 2.45) is 0 Å². The molecule has 0 aliphatic carbocycles. The monoisotopic (exact) mass is 436 g/mol.